The van der Waals surface area contributed by atoms with Crippen LogP contribution in [0.25, 0.3) is 0 Å². The highest BCUT2D eigenvalue weighted by molar-refractivity contribution is 5.95. The molecular formula is C24H33F3N6O2. The number of likely N-dealkylation sites (N-methyl/N-ethyl adjacent to an activating group) is 1. The summed E-state index contributed by atoms with van der Waals surface area (Å²) in [4.78, 5) is 21.6. The number of ether oxygens (including phenoxy) is 1. The molecule has 0 radical (unpaired) electrons. The normalized spacial score (nSPS) is 18.2. The predicted octanol–water partition coefficient (Wildman–Crippen LogP) is 3.62. The topological polar surface area (TPSA) is 81.2 Å². The zero-order valence-electron chi connectivity index (χ0n) is 20.4. The summed E-state index contributed by atoms with van der Waals surface area (Å²) in [7, 11) is 1.80. The van der Waals surface area contributed by atoms with E-state index in [1.807, 2.05) is 6.92 Å². The minimum Gasteiger partial charge on any atom is -0.406 e. The molecule has 2 aliphatic heterocycles. The second-order valence-corrected chi connectivity index (χ2v) is 8.51. The van der Waals surface area contributed by atoms with Gasteiger partial charge in [0.15, 0.2) is 6.17 Å². The smallest absolute Gasteiger partial charge is 0.406 e. The molecule has 0 bridgehead atoms. The third-order valence-corrected chi connectivity index (χ3v) is 6.00. The van der Waals surface area contributed by atoms with Gasteiger partial charge in [-0.25, -0.2) is 4.99 Å². The SMILES string of the molecule is CCN(CC)CCCC(C)NC(=O)C1=CC2=C(Nc3ccc(OC(F)(F)F)cc3)NC=NC2N1C. The van der Waals surface area contributed by atoms with Crippen molar-refractivity contribution in [2.45, 2.75) is 52.2 Å². The van der Waals surface area contributed by atoms with Crippen LogP contribution in [0.2, 0.25) is 0 Å². The molecule has 192 valence electrons. The first-order valence-corrected chi connectivity index (χ1v) is 11.7. The molecule has 3 N–H and O–H groups in total. The van der Waals surface area contributed by atoms with Crippen LogP contribution < -0.4 is 20.7 Å². The lowest BCUT2D eigenvalue weighted by atomic mass is 10.1. The summed E-state index contributed by atoms with van der Waals surface area (Å²) in [6.45, 7) is 9.32. The van der Waals surface area contributed by atoms with Gasteiger partial charge in [-0.1, -0.05) is 13.8 Å². The minimum absolute atomic E-state index is 0.0284. The molecule has 0 spiro atoms. The van der Waals surface area contributed by atoms with Crippen LogP contribution in [0.1, 0.15) is 33.6 Å². The summed E-state index contributed by atoms with van der Waals surface area (Å²) in [6.07, 6.45) is 0.0548. The number of hydrogen-bond donors (Lipinski definition) is 3. The highest BCUT2D eigenvalue weighted by Gasteiger charge is 2.35. The molecule has 0 aromatic heterocycles. The first-order chi connectivity index (χ1) is 16.6. The second kappa shape index (κ2) is 11.5. The fraction of sp³-hybridized carbons (Fsp3) is 0.500. The van der Waals surface area contributed by atoms with Gasteiger partial charge in [-0.2, -0.15) is 0 Å². The van der Waals surface area contributed by atoms with E-state index in [2.05, 4.69) is 44.4 Å². The number of nitrogens with zero attached hydrogens (tertiary/aromatic N) is 3. The molecule has 2 unspecified atom stereocenters. The number of carbonyl (C=O) groups excluding carboxylic acids is 1. The van der Waals surface area contributed by atoms with Gasteiger partial charge in [0.2, 0.25) is 0 Å². The summed E-state index contributed by atoms with van der Waals surface area (Å²) in [5, 5.41) is 9.24. The maximum atomic E-state index is 13.0. The molecule has 35 heavy (non-hydrogen) atoms. The standard InChI is InChI=1S/C24H33F3N6O2/c1-5-33(6-2)13-7-8-16(3)30-23(34)20-14-19-21(28-15-29-22(19)32(20)4)31-17-9-11-18(12-10-17)35-24(25,26)27/h9-12,14-16,22,31H,5-8,13H2,1-4H3,(H,28,29)(H,30,34). The van der Waals surface area contributed by atoms with E-state index in [1.165, 1.54) is 30.6 Å². The van der Waals surface area contributed by atoms with E-state index in [-0.39, 0.29) is 23.9 Å². The van der Waals surface area contributed by atoms with E-state index in [1.54, 1.807) is 18.0 Å². The molecular weight excluding hydrogens is 461 g/mol. The Labute approximate surface area is 203 Å². The van der Waals surface area contributed by atoms with Crippen molar-refractivity contribution in [3.8, 4) is 5.75 Å². The molecule has 3 rings (SSSR count). The van der Waals surface area contributed by atoms with E-state index in [0.29, 0.717) is 17.2 Å². The van der Waals surface area contributed by atoms with Crippen molar-refractivity contribution in [2.24, 2.45) is 4.99 Å². The number of benzene rings is 1. The zero-order chi connectivity index (χ0) is 25.6. The van der Waals surface area contributed by atoms with Crippen molar-refractivity contribution in [1.29, 1.82) is 0 Å². The van der Waals surface area contributed by atoms with Crippen LogP contribution in [-0.2, 0) is 4.79 Å². The highest BCUT2D eigenvalue weighted by Crippen LogP contribution is 2.31. The Kier molecular flexibility index (Phi) is 8.66. The lowest BCUT2D eigenvalue weighted by Crippen LogP contribution is -2.40. The molecule has 2 aliphatic rings. The Morgan fingerprint density at radius 2 is 1.94 bits per heavy atom. The quantitative estimate of drug-likeness (QED) is 0.436. The van der Waals surface area contributed by atoms with Gasteiger partial charge in [-0.05, 0) is 69.7 Å². The van der Waals surface area contributed by atoms with E-state index in [4.69, 9.17) is 0 Å². The third-order valence-electron chi connectivity index (χ3n) is 6.00. The van der Waals surface area contributed by atoms with Gasteiger partial charge in [0.05, 0.1) is 6.34 Å². The number of aliphatic imine (C=N–C) groups is 1. The average molecular weight is 495 g/mol. The Morgan fingerprint density at radius 3 is 2.57 bits per heavy atom. The van der Waals surface area contributed by atoms with Crippen molar-refractivity contribution >= 4 is 17.9 Å². The number of alkyl halides is 3. The van der Waals surface area contributed by atoms with Gasteiger partial charge in [0.25, 0.3) is 5.91 Å². The van der Waals surface area contributed by atoms with E-state index >= 15 is 0 Å². The fourth-order valence-electron chi connectivity index (χ4n) is 4.05. The molecule has 11 heteroatoms. The molecule has 1 aromatic carbocycles. The largest absolute Gasteiger partial charge is 0.573 e. The van der Waals surface area contributed by atoms with Crippen LogP contribution in [-0.4, -0.2) is 67.3 Å². The summed E-state index contributed by atoms with van der Waals surface area (Å²) in [5.41, 5.74) is 1.80. The lowest BCUT2D eigenvalue weighted by Gasteiger charge is -2.27. The van der Waals surface area contributed by atoms with Crippen LogP contribution in [0.4, 0.5) is 18.9 Å². The van der Waals surface area contributed by atoms with Crippen molar-refractivity contribution in [3.63, 3.8) is 0 Å². The molecule has 2 atom stereocenters. The van der Waals surface area contributed by atoms with Gasteiger partial charge in [0, 0.05) is 24.4 Å². The first-order valence-electron chi connectivity index (χ1n) is 11.7. The number of fused-ring (bicyclic) bond motifs is 1. The lowest BCUT2D eigenvalue weighted by molar-refractivity contribution is -0.274. The predicted molar refractivity (Wildman–Crippen MR) is 130 cm³/mol. The van der Waals surface area contributed by atoms with Gasteiger partial charge >= 0.3 is 6.36 Å². The average Bonchev–Trinajstić information content (AvgIpc) is 3.15. The molecule has 0 aliphatic carbocycles. The Balaban J connectivity index is 1.65. The van der Waals surface area contributed by atoms with Gasteiger partial charge in [-0.15, -0.1) is 13.2 Å². The van der Waals surface area contributed by atoms with Crippen LogP contribution in [0, 0.1) is 0 Å². The number of nitrogens with one attached hydrogen (secondary N) is 3. The van der Waals surface area contributed by atoms with Crippen molar-refractivity contribution in [2.75, 3.05) is 32.0 Å². The van der Waals surface area contributed by atoms with Crippen LogP contribution >= 0.6 is 0 Å². The molecule has 0 saturated heterocycles. The van der Waals surface area contributed by atoms with Crippen molar-refractivity contribution in [3.05, 3.63) is 47.4 Å². The number of carbonyl (C=O) groups is 1. The number of rotatable bonds is 11. The van der Waals surface area contributed by atoms with E-state index in [0.717, 1.165) is 38.0 Å². The molecule has 0 fully saturated rings. The van der Waals surface area contributed by atoms with Crippen LogP contribution in [0.3, 0.4) is 0 Å². The Morgan fingerprint density at radius 1 is 1.26 bits per heavy atom. The highest BCUT2D eigenvalue weighted by atomic mass is 19.4. The monoisotopic (exact) mass is 494 g/mol. The number of amides is 1. The minimum atomic E-state index is -4.74. The molecule has 8 nitrogen and oxygen atoms in total. The summed E-state index contributed by atoms with van der Waals surface area (Å²) < 4.78 is 41.1. The molecule has 1 aromatic rings. The van der Waals surface area contributed by atoms with Gasteiger partial charge in [-0.3, -0.25) is 4.79 Å². The van der Waals surface area contributed by atoms with Crippen molar-refractivity contribution in [1.82, 2.24) is 20.4 Å². The summed E-state index contributed by atoms with van der Waals surface area (Å²) >= 11 is 0. The van der Waals surface area contributed by atoms with E-state index < -0.39 is 6.36 Å². The molecule has 0 saturated carbocycles. The molecule has 2 heterocycles. The fourth-order valence-corrected chi connectivity index (χ4v) is 4.05. The zero-order valence-corrected chi connectivity index (χ0v) is 20.4. The maximum absolute atomic E-state index is 13.0. The van der Waals surface area contributed by atoms with Gasteiger partial charge < -0.3 is 30.5 Å². The second-order valence-electron chi connectivity index (χ2n) is 8.51. The van der Waals surface area contributed by atoms with Crippen LogP contribution in [0.15, 0.2) is 52.4 Å². The van der Waals surface area contributed by atoms with Crippen molar-refractivity contribution < 1.29 is 22.7 Å². The first kappa shape index (κ1) is 26.4. The summed E-state index contributed by atoms with van der Waals surface area (Å²) in [6, 6.07) is 5.44. The van der Waals surface area contributed by atoms with Crippen LogP contribution in [0.5, 0.6) is 5.75 Å². The maximum Gasteiger partial charge on any atom is 0.573 e. The van der Waals surface area contributed by atoms with Gasteiger partial charge in [0.1, 0.15) is 17.3 Å². The molecule has 1 amide bonds. The summed E-state index contributed by atoms with van der Waals surface area (Å²) in [5.74, 6) is 0.117. The van der Waals surface area contributed by atoms with E-state index in [9.17, 15) is 18.0 Å². The third kappa shape index (κ3) is 7.14. The Bertz CT molecular complexity index is 970. The number of anilines is 1. The number of hydrogen-bond acceptors (Lipinski definition) is 7. The Hall–Kier alpha value is -3.21. The number of halogens is 3.